The summed E-state index contributed by atoms with van der Waals surface area (Å²) in [5.41, 5.74) is 0.850. The third-order valence-electron chi connectivity index (χ3n) is 3.41. The van der Waals surface area contributed by atoms with Crippen LogP contribution in [0.2, 0.25) is 0 Å². The number of nitrogens with zero attached hydrogens (tertiary/aromatic N) is 3. The van der Waals surface area contributed by atoms with Gasteiger partial charge in [-0.25, -0.2) is 0 Å². The minimum absolute atomic E-state index is 0.428. The summed E-state index contributed by atoms with van der Waals surface area (Å²) in [6.07, 6.45) is -4.12. The van der Waals surface area contributed by atoms with Gasteiger partial charge in [-0.15, -0.1) is 0 Å². The Labute approximate surface area is 122 Å². The summed E-state index contributed by atoms with van der Waals surface area (Å²) >= 11 is 0. The van der Waals surface area contributed by atoms with Crippen LogP contribution < -0.4 is 5.32 Å². The zero-order chi connectivity index (χ0) is 15.3. The van der Waals surface area contributed by atoms with Crippen LogP contribution in [0.4, 0.5) is 13.2 Å². The van der Waals surface area contributed by atoms with Gasteiger partial charge >= 0.3 is 6.18 Å². The molecule has 1 fully saturated rings. The maximum absolute atomic E-state index is 12.3. The third-order valence-corrected chi connectivity index (χ3v) is 3.41. The average Bonchev–Trinajstić information content (AvgIpc) is 2.85. The first kappa shape index (κ1) is 16.3. The smallest absolute Gasteiger partial charge is 0.360 e. The second-order valence-corrected chi connectivity index (χ2v) is 5.23. The van der Waals surface area contributed by atoms with Crippen molar-refractivity contribution in [2.24, 2.45) is 0 Å². The van der Waals surface area contributed by atoms with E-state index in [4.69, 9.17) is 4.52 Å². The van der Waals surface area contributed by atoms with Crippen LogP contribution in [0.15, 0.2) is 10.6 Å². The lowest BCUT2D eigenvalue weighted by Crippen LogP contribution is -2.48. The molecular weight excluding hydrogens is 285 g/mol. The molecule has 1 aliphatic heterocycles. The summed E-state index contributed by atoms with van der Waals surface area (Å²) in [7, 11) is 0. The lowest BCUT2D eigenvalue weighted by atomic mass is 10.3. The van der Waals surface area contributed by atoms with Crippen LogP contribution in [0.5, 0.6) is 0 Å². The molecule has 21 heavy (non-hydrogen) atoms. The summed E-state index contributed by atoms with van der Waals surface area (Å²) < 4.78 is 42.2. The van der Waals surface area contributed by atoms with Crippen molar-refractivity contribution in [2.75, 3.05) is 39.3 Å². The highest BCUT2D eigenvalue weighted by Crippen LogP contribution is 2.18. The number of hydrogen-bond donors (Lipinski definition) is 1. The van der Waals surface area contributed by atoms with Gasteiger partial charge in [0, 0.05) is 38.8 Å². The van der Waals surface area contributed by atoms with Gasteiger partial charge in [0.2, 0.25) is 0 Å². The summed E-state index contributed by atoms with van der Waals surface area (Å²) in [6, 6.07) is 1.89. The van der Waals surface area contributed by atoms with Crippen LogP contribution in [0.25, 0.3) is 0 Å². The Hall–Kier alpha value is -1.12. The highest BCUT2D eigenvalue weighted by molar-refractivity contribution is 5.05. The molecule has 2 rings (SSSR count). The molecule has 1 aromatic rings. The van der Waals surface area contributed by atoms with E-state index < -0.39 is 12.7 Å². The van der Waals surface area contributed by atoms with Gasteiger partial charge in [0.25, 0.3) is 0 Å². The lowest BCUT2D eigenvalue weighted by molar-refractivity contribution is -0.149. The largest absolute Gasteiger partial charge is 0.401 e. The van der Waals surface area contributed by atoms with Crippen LogP contribution in [0.3, 0.4) is 0 Å². The first-order valence-electron chi connectivity index (χ1n) is 7.13. The molecule has 1 aliphatic rings. The summed E-state index contributed by atoms with van der Waals surface area (Å²) in [6.45, 7) is 5.40. The minimum atomic E-state index is -4.12. The molecule has 0 aliphatic carbocycles. The second-order valence-electron chi connectivity index (χ2n) is 5.23. The molecule has 0 saturated carbocycles. The van der Waals surface area contributed by atoms with Gasteiger partial charge < -0.3 is 9.84 Å². The van der Waals surface area contributed by atoms with E-state index in [0.717, 1.165) is 18.0 Å². The number of alkyl halides is 3. The standard InChI is InChI=1S/C13H21F3N4O/c1-2-17-8-11-7-12(21-18-11)9-19-3-5-20(6-4-19)10-13(14,15)16/h7,17H,2-6,8-10H2,1H3. The molecule has 0 aromatic carbocycles. The van der Waals surface area contributed by atoms with Crippen LogP contribution in [0, 0.1) is 0 Å². The van der Waals surface area contributed by atoms with Crippen molar-refractivity contribution in [3.8, 4) is 0 Å². The summed E-state index contributed by atoms with van der Waals surface area (Å²) in [5, 5.41) is 7.12. The monoisotopic (exact) mass is 306 g/mol. The van der Waals surface area contributed by atoms with Crippen LogP contribution in [0.1, 0.15) is 18.4 Å². The molecule has 0 amide bonds. The van der Waals surface area contributed by atoms with E-state index in [0.29, 0.717) is 39.3 Å². The first-order valence-corrected chi connectivity index (χ1v) is 7.13. The molecule has 1 aromatic heterocycles. The van der Waals surface area contributed by atoms with Gasteiger partial charge in [0.1, 0.15) is 0 Å². The molecule has 0 spiro atoms. The van der Waals surface area contributed by atoms with Crippen LogP contribution >= 0.6 is 0 Å². The predicted molar refractivity (Wildman–Crippen MR) is 71.7 cm³/mol. The molecule has 2 heterocycles. The number of piperazine rings is 1. The highest BCUT2D eigenvalue weighted by atomic mass is 19.4. The third kappa shape index (κ3) is 5.64. The van der Waals surface area contributed by atoms with Crippen molar-refractivity contribution >= 4 is 0 Å². The van der Waals surface area contributed by atoms with Crippen molar-refractivity contribution in [1.29, 1.82) is 0 Å². The molecule has 5 nitrogen and oxygen atoms in total. The number of hydrogen-bond acceptors (Lipinski definition) is 5. The maximum Gasteiger partial charge on any atom is 0.401 e. The average molecular weight is 306 g/mol. The Morgan fingerprint density at radius 1 is 1.24 bits per heavy atom. The molecule has 120 valence electrons. The van der Waals surface area contributed by atoms with Gasteiger partial charge in [-0.3, -0.25) is 9.80 Å². The molecule has 8 heteroatoms. The van der Waals surface area contributed by atoms with Gasteiger partial charge in [0.05, 0.1) is 18.8 Å². The summed E-state index contributed by atoms with van der Waals surface area (Å²) in [4.78, 5) is 3.53. The SMILES string of the molecule is CCNCc1cc(CN2CCN(CC(F)(F)F)CC2)on1. The number of aromatic nitrogens is 1. The van der Waals surface area contributed by atoms with Gasteiger partial charge in [-0.05, 0) is 6.54 Å². The Morgan fingerprint density at radius 2 is 1.90 bits per heavy atom. The lowest BCUT2D eigenvalue weighted by Gasteiger charge is -2.34. The molecule has 1 N–H and O–H groups in total. The molecule has 0 radical (unpaired) electrons. The zero-order valence-corrected chi connectivity index (χ0v) is 12.1. The van der Waals surface area contributed by atoms with E-state index in [-0.39, 0.29) is 0 Å². The fraction of sp³-hybridized carbons (Fsp3) is 0.769. The van der Waals surface area contributed by atoms with Crippen molar-refractivity contribution in [3.63, 3.8) is 0 Å². The van der Waals surface area contributed by atoms with E-state index in [1.54, 1.807) is 0 Å². The Kier molecular flexibility index (Phi) is 5.60. The van der Waals surface area contributed by atoms with E-state index in [1.165, 1.54) is 4.90 Å². The summed E-state index contributed by atoms with van der Waals surface area (Å²) in [5.74, 6) is 0.757. The molecule has 0 unspecified atom stereocenters. The fourth-order valence-corrected chi connectivity index (χ4v) is 2.35. The Bertz CT molecular complexity index is 427. The zero-order valence-electron chi connectivity index (χ0n) is 12.1. The van der Waals surface area contributed by atoms with Crippen molar-refractivity contribution in [1.82, 2.24) is 20.3 Å². The Morgan fingerprint density at radius 3 is 2.52 bits per heavy atom. The van der Waals surface area contributed by atoms with E-state index in [1.807, 2.05) is 13.0 Å². The number of nitrogens with one attached hydrogen (secondary N) is 1. The van der Waals surface area contributed by atoms with Crippen molar-refractivity contribution in [3.05, 3.63) is 17.5 Å². The van der Waals surface area contributed by atoms with Gasteiger partial charge in [0.15, 0.2) is 5.76 Å². The van der Waals surface area contributed by atoms with Gasteiger partial charge in [-0.1, -0.05) is 12.1 Å². The fourth-order valence-electron chi connectivity index (χ4n) is 2.35. The molecule has 0 bridgehead atoms. The quantitative estimate of drug-likeness (QED) is 0.862. The Balaban J connectivity index is 1.74. The normalized spacial score (nSPS) is 18.3. The molecular formula is C13H21F3N4O. The van der Waals surface area contributed by atoms with Crippen molar-refractivity contribution in [2.45, 2.75) is 26.2 Å². The molecule has 0 atom stereocenters. The number of rotatable bonds is 6. The van der Waals surface area contributed by atoms with Crippen LogP contribution in [-0.2, 0) is 13.1 Å². The van der Waals surface area contributed by atoms with E-state index >= 15 is 0 Å². The van der Waals surface area contributed by atoms with E-state index in [2.05, 4.69) is 15.4 Å². The number of halogens is 3. The minimum Gasteiger partial charge on any atom is -0.360 e. The highest BCUT2D eigenvalue weighted by Gasteiger charge is 2.32. The second kappa shape index (κ2) is 7.24. The van der Waals surface area contributed by atoms with Crippen LogP contribution in [-0.4, -0.2) is 60.4 Å². The van der Waals surface area contributed by atoms with Gasteiger partial charge in [-0.2, -0.15) is 13.2 Å². The maximum atomic E-state index is 12.3. The van der Waals surface area contributed by atoms with Crippen molar-refractivity contribution < 1.29 is 17.7 Å². The molecule has 1 saturated heterocycles. The topological polar surface area (TPSA) is 44.5 Å². The van der Waals surface area contributed by atoms with E-state index in [9.17, 15) is 13.2 Å². The predicted octanol–water partition coefficient (Wildman–Crippen LogP) is 1.46. The first-order chi connectivity index (χ1) is 9.96.